The summed E-state index contributed by atoms with van der Waals surface area (Å²) in [6, 6.07) is 1.42. The molecular weight excluding hydrogens is 250 g/mol. The Labute approximate surface area is 121 Å². The van der Waals surface area contributed by atoms with E-state index in [1.807, 2.05) is 12.4 Å². The Balaban J connectivity index is 1.77. The summed E-state index contributed by atoms with van der Waals surface area (Å²) in [4.78, 5) is 9.48. The summed E-state index contributed by atoms with van der Waals surface area (Å²) >= 11 is 0. The fourth-order valence-electron chi connectivity index (χ4n) is 4.11. The van der Waals surface area contributed by atoms with Crippen LogP contribution in [0.2, 0.25) is 0 Å². The zero-order chi connectivity index (χ0) is 14.3. The molecular formula is C15H27N5. The Morgan fingerprint density at radius 1 is 1.35 bits per heavy atom. The highest BCUT2D eigenvalue weighted by Crippen LogP contribution is 2.42. The Morgan fingerprint density at radius 2 is 2.00 bits per heavy atom. The minimum absolute atomic E-state index is 0.143. The zero-order valence-electron chi connectivity index (χ0n) is 12.9. The summed E-state index contributed by atoms with van der Waals surface area (Å²) in [7, 11) is 6.55. The van der Waals surface area contributed by atoms with Gasteiger partial charge in [0.05, 0.1) is 6.54 Å². The van der Waals surface area contributed by atoms with E-state index in [0.29, 0.717) is 12.1 Å². The van der Waals surface area contributed by atoms with E-state index >= 15 is 0 Å². The van der Waals surface area contributed by atoms with Crippen LogP contribution >= 0.6 is 0 Å². The first-order valence-corrected chi connectivity index (χ1v) is 7.65. The third-order valence-corrected chi connectivity index (χ3v) is 5.71. The maximum Gasteiger partial charge on any atom is 0.122 e. The topological polar surface area (TPSA) is 50.3 Å². The highest BCUT2D eigenvalue weighted by Gasteiger charge is 2.48. The van der Waals surface area contributed by atoms with Crippen molar-refractivity contribution in [1.29, 1.82) is 0 Å². The molecule has 1 aromatic rings. The van der Waals surface area contributed by atoms with Gasteiger partial charge in [0.25, 0.3) is 0 Å². The Hall–Kier alpha value is -0.910. The van der Waals surface area contributed by atoms with Crippen molar-refractivity contribution in [2.75, 3.05) is 20.6 Å². The monoisotopic (exact) mass is 277 g/mol. The van der Waals surface area contributed by atoms with Gasteiger partial charge in [-0.15, -0.1) is 0 Å². The van der Waals surface area contributed by atoms with E-state index in [4.69, 9.17) is 5.73 Å². The van der Waals surface area contributed by atoms with Gasteiger partial charge in [0.15, 0.2) is 0 Å². The van der Waals surface area contributed by atoms with Crippen LogP contribution in [0.25, 0.3) is 0 Å². The van der Waals surface area contributed by atoms with E-state index in [0.717, 1.165) is 18.9 Å². The van der Waals surface area contributed by atoms with Crippen molar-refractivity contribution in [3.63, 3.8) is 0 Å². The highest BCUT2D eigenvalue weighted by atomic mass is 15.3. The average Bonchev–Trinajstić information content (AvgIpc) is 2.90. The first kappa shape index (κ1) is 14.0. The second-order valence-electron chi connectivity index (χ2n) is 6.70. The molecule has 2 N–H and O–H groups in total. The van der Waals surface area contributed by atoms with Crippen LogP contribution < -0.4 is 5.73 Å². The maximum atomic E-state index is 6.22. The minimum Gasteiger partial charge on any atom is -0.337 e. The molecule has 3 rings (SSSR count). The van der Waals surface area contributed by atoms with Gasteiger partial charge in [-0.3, -0.25) is 4.90 Å². The van der Waals surface area contributed by atoms with Gasteiger partial charge in [-0.1, -0.05) is 0 Å². The summed E-state index contributed by atoms with van der Waals surface area (Å²) < 4.78 is 2.10. The minimum atomic E-state index is 0.143. The molecule has 2 atom stereocenters. The summed E-state index contributed by atoms with van der Waals surface area (Å²) in [5.41, 5.74) is 6.36. The molecule has 3 heterocycles. The molecule has 0 aliphatic carbocycles. The summed E-state index contributed by atoms with van der Waals surface area (Å²) in [5, 5.41) is 0. The van der Waals surface area contributed by atoms with E-state index in [1.165, 1.54) is 25.7 Å². The van der Waals surface area contributed by atoms with Gasteiger partial charge in [0.1, 0.15) is 5.82 Å². The van der Waals surface area contributed by atoms with E-state index in [9.17, 15) is 0 Å². The van der Waals surface area contributed by atoms with Crippen LogP contribution in [0.1, 0.15) is 31.5 Å². The van der Waals surface area contributed by atoms with Gasteiger partial charge in [-0.05, 0) is 39.8 Å². The van der Waals surface area contributed by atoms with E-state index in [1.54, 1.807) is 0 Å². The fraction of sp³-hybridized carbons (Fsp3) is 0.800. The van der Waals surface area contributed by atoms with Gasteiger partial charge in [-0.25, -0.2) is 4.98 Å². The van der Waals surface area contributed by atoms with Gasteiger partial charge in [0.2, 0.25) is 0 Å². The maximum absolute atomic E-state index is 6.22. The number of hydrogen-bond donors (Lipinski definition) is 1. The van der Waals surface area contributed by atoms with E-state index in [-0.39, 0.29) is 5.54 Å². The lowest BCUT2D eigenvalue weighted by Crippen LogP contribution is -2.60. The molecule has 2 fully saturated rings. The van der Waals surface area contributed by atoms with Crippen LogP contribution in [0, 0.1) is 0 Å². The average molecular weight is 277 g/mol. The van der Waals surface area contributed by atoms with Crippen molar-refractivity contribution in [3.05, 3.63) is 18.2 Å². The van der Waals surface area contributed by atoms with E-state index < -0.39 is 0 Å². The summed E-state index contributed by atoms with van der Waals surface area (Å²) in [5.74, 6) is 1.12. The number of fused-ring (bicyclic) bond motifs is 2. The molecule has 2 saturated heterocycles. The van der Waals surface area contributed by atoms with Crippen LogP contribution in [-0.4, -0.2) is 57.6 Å². The van der Waals surface area contributed by atoms with Gasteiger partial charge < -0.3 is 15.2 Å². The van der Waals surface area contributed by atoms with Crippen LogP contribution in [-0.2, 0) is 13.6 Å². The summed E-state index contributed by atoms with van der Waals surface area (Å²) in [6.07, 6.45) is 8.93. The van der Waals surface area contributed by atoms with Crippen molar-refractivity contribution in [2.45, 2.75) is 49.9 Å². The third-order valence-electron chi connectivity index (χ3n) is 5.71. The number of likely N-dealkylation sites (N-methyl/N-ethyl adjacent to an activating group) is 1. The number of nitrogens with zero attached hydrogens (tertiary/aromatic N) is 4. The molecule has 5 nitrogen and oxygen atoms in total. The molecule has 112 valence electrons. The Morgan fingerprint density at radius 3 is 2.50 bits per heavy atom. The molecule has 2 unspecified atom stereocenters. The molecule has 20 heavy (non-hydrogen) atoms. The predicted molar refractivity (Wildman–Crippen MR) is 80.3 cm³/mol. The second kappa shape index (κ2) is 5.13. The number of aromatic nitrogens is 2. The lowest BCUT2D eigenvalue weighted by atomic mass is 9.81. The number of nitrogens with two attached hydrogens (primary N) is 1. The lowest BCUT2D eigenvalue weighted by molar-refractivity contribution is 0.0101. The smallest absolute Gasteiger partial charge is 0.122 e. The lowest BCUT2D eigenvalue weighted by Gasteiger charge is -2.49. The first-order chi connectivity index (χ1) is 9.55. The van der Waals surface area contributed by atoms with Gasteiger partial charge in [-0.2, -0.15) is 0 Å². The van der Waals surface area contributed by atoms with E-state index in [2.05, 4.69) is 40.5 Å². The van der Waals surface area contributed by atoms with Crippen LogP contribution in [0.4, 0.5) is 0 Å². The van der Waals surface area contributed by atoms with Crippen molar-refractivity contribution in [1.82, 2.24) is 19.4 Å². The third kappa shape index (κ3) is 2.18. The fourth-order valence-corrected chi connectivity index (χ4v) is 4.11. The zero-order valence-corrected chi connectivity index (χ0v) is 12.9. The van der Waals surface area contributed by atoms with Crippen molar-refractivity contribution < 1.29 is 0 Å². The standard InChI is InChI=1S/C15H27N5/c1-18-7-6-17-14(18)10-19(2)15(11-16)8-12-4-5-13(9-15)20(12)3/h6-7,12-13H,4-5,8-11,16H2,1-3H3. The molecule has 0 amide bonds. The van der Waals surface area contributed by atoms with Crippen molar-refractivity contribution >= 4 is 0 Å². The van der Waals surface area contributed by atoms with Crippen LogP contribution in [0.5, 0.6) is 0 Å². The normalized spacial score (nSPS) is 34.0. The van der Waals surface area contributed by atoms with Gasteiger partial charge in [0, 0.05) is 43.6 Å². The second-order valence-corrected chi connectivity index (χ2v) is 6.70. The van der Waals surface area contributed by atoms with Crippen LogP contribution in [0.15, 0.2) is 12.4 Å². The quantitative estimate of drug-likeness (QED) is 0.885. The predicted octanol–water partition coefficient (Wildman–Crippen LogP) is 0.806. The molecule has 0 aromatic carbocycles. The van der Waals surface area contributed by atoms with Crippen LogP contribution in [0.3, 0.4) is 0 Å². The first-order valence-electron chi connectivity index (χ1n) is 7.65. The number of hydrogen-bond acceptors (Lipinski definition) is 4. The Kier molecular flexibility index (Phi) is 3.60. The number of rotatable bonds is 4. The molecule has 0 saturated carbocycles. The number of aryl methyl sites for hydroxylation is 1. The Bertz CT molecular complexity index is 455. The molecule has 5 heteroatoms. The van der Waals surface area contributed by atoms with Crippen molar-refractivity contribution in [2.24, 2.45) is 12.8 Å². The molecule has 0 radical (unpaired) electrons. The van der Waals surface area contributed by atoms with Crippen molar-refractivity contribution in [3.8, 4) is 0 Å². The molecule has 1 aromatic heterocycles. The molecule has 2 aliphatic heterocycles. The SMILES string of the molecule is CN1C2CCC1CC(CN)(N(C)Cc1nccn1C)C2. The largest absolute Gasteiger partial charge is 0.337 e. The molecule has 0 spiro atoms. The molecule has 2 aliphatic rings. The highest BCUT2D eigenvalue weighted by molar-refractivity contribution is 5.07. The number of piperidine rings is 1. The molecule has 2 bridgehead atoms. The van der Waals surface area contributed by atoms with Gasteiger partial charge >= 0.3 is 0 Å². The number of imidazole rings is 1. The summed E-state index contributed by atoms with van der Waals surface area (Å²) in [6.45, 7) is 1.62.